The lowest BCUT2D eigenvalue weighted by Crippen LogP contribution is -2.52. The monoisotopic (exact) mass is 286 g/mol. The SMILES string of the molecule is CCC1(CC)CN(CC(CC)(CC)SC)CCCN1. The van der Waals surface area contributed by atoms with Gasteiger partial charge in [-0.05, 0) is 51.4 Å². The van der Waals surface area contributed by atoms with E-state index in [0.717, 1.165) is 0 Å². The number of nitrogens with one attached hydrogen (secondary N) is 1. The van der Waals surface area contributed by atoms with Crippen molar-refractivity contribution < 1.29 is 0 Å². The van der Waals surface area contributed by atoms with Crippen LogP contribution in [-0.2, 0) is 0 Å². The van der Waals surface area contributed by atoms with Gasteiger partial charge in [-0.15, -0.1) is 0 Å². The summed E-state index contributed by atoms with van der Waals surface area (Å²) in [6, 6.07) is 0. The summed E-state index contributed by atoms with van der Waals surface area (Å²) in [7, 11) is 0. The molecule has 114 valence electrons. The first-order valence-corrected chi connectivity index (χ1v) is 9.34. The first-order valence-electron chi connectivity index (χ1n) is 8.11. The second kappa shape index (κ2) is 7.90. The maximum Gasteiger partial charge on any atom is 0.0303 e. The second-order valence-electron chi connectivity index (χ2n) is 6.07. The zero-order valence-corrected chi connectivity index (χ0v) is 14.5. The van der Waals surface area contributed by atoms with Gasteiger partial charge in [0.1, 0.15) is 0 Å². The third-order valence-electron chi connectivity index (χ3n) is 5.26. The number of rotatable bonds is 7. The highest BCUT2D eigenvalue weighted by Gasteiger charge is 2.34. The van der Waals surface area contributed by atoms with Gasteiger partial charge in [-0.2, -0.15) is 11.8 Å². The van der Waals surface area contributed by atoms with Crippen LogP contribution in [0.5, 0.6) is 0 Å². The molecule has 0 aliphatic carbocycles. The summed E-state index contributed by atoms with van der Waals surface area (Å²) in [4.78, 5) is 2.73. The van der Waals surface area contributed by atoms with Crippen LogP contribution in [0.3, 0.4) is 0 Å². The van der Waals surface area contributed by atoms with Crippen molar-refractivity contribution in [3.63, 3.8) is 0 Å². The van der Waals surface area contributed by atoms with Crippen LogP contribution < -0.4 is 5.32 Å². The molecule has 1 heterocycles. The zero-order chi connectivity index (χ0) is 14.4. The first-order chi connectivity index (χ1) is 9.09. The third-order valence-corrected chi connectivity index (χ3v) is 6.84. The molecule has 0 atom stereocenters. The smallest absolute Gasteiger partial charge is 0.0303 e. The molecule has 0 spiro atoms. The van der Waals surface area contributed by atoms with Crippen molar-refractivity contribution in [1.82, 2.24) is 10.2 Å². The summed E-state index contributed by atoms with van der Waals surface area (Å²) in [6.07, 6.45) is 8.62. The Bertz CT molecular complexity index is 239. The van der Waals surface area contributed by atoms with Crippen LogP contribution in [0.1, 0.15) is 59.8 Å². The highest BCUT2D eigenvalue weighted by molar-refractivity contribution is 8.00. The first kappa shape index (κ1) is 17.3. The van der Waals surface area contributed by atoms with Crippen molar-refractivity contribution >= 4 is 11.8 Å². The zero-order valence-electron chi connectivity index (χ0n) is 13.7. The van der Waals surface area contributed by atoms with Gasteiger partial charge < -0.3 is 10.2 Å². The molecule has 19 heavy (non-hydrogen) atoms. The number of hydrogen-bond donors (Lipinski definition) is 1. The van der Waals surface area contributed by atoms with Gasteiger partial charge in [0.15, 0.2) is 0 Å². The second-order valence-corrected chi connectivity index (χ2v) is 7.35. The third kappa shape index (κ3) is 4.37. The van der Waals surface area contributed by atoms with Gasteiger partial charge in [-0.1, -0.05) is 27.7 Å². The van der Waals surface area contributed by atoms with Crippen molar-refractivity contribution in [2.75, 3.05) is 32.4 Å². The summed E-state index contributed by atoms with van der Waals surface area (Å²) < 4.78 is 0.456. The van der Waals surface area contributed by atoms with E-state index in [1.54, 1.807) is 0 Å². The predicted octanol–water partition coefficient (Wildman–Crippen LogP) is 3.76. The maximum absolute atomic E-state index is 3.82. The van der Waals surface area contributed by atoms with Crippen LogP contribution >= 0.6 is 11.8 Å². The minimum atomic E-state index is 0.349. The molecule has 1 rings (SSSR count). The summed E-state index contributed by atoms with van der Waals surface area (Å²) in [5.74, 6) is 0. The van der Waals surface area contributed by atoms with Gasteiger partial charge in [0.25, 0.3) is 0 Å². The van der Waals surface area contributed by atoms with Crippen molar-refractivity contribution in [3.8, 4) is 0 Å². The van der Waals surface area contributed by atoms with E-state index in [9.17, 15) is 0 Å². The molecule has 1 saturated heterocycles. The molecule has 0 aromatic heterocycles. The normalized spacial score (nSPS) is 21.3. The molecule has 0 unspecified atom stereocenters. The molecular weight excluding hydrogens is 252 g/mol. The Morgan fingerprint density at radius 2 is 1.79 bits per heavy atom. The van der Waals surface area contributed by atoms with Gasteiger partial charge in [0.2, 0.25) is 0 Å². The summed E-state index contributed by atoms with van der Waals surface area (Å²) in [5.41, 5.74) is 0.349. The van der Waals surface area contributed by atoms with E-state index in [1.165, 1.54) is 58.3 Å². The Hall–Kier alpha value is 0.270. The molecule has 0 amide bonds. The van der Waals surface area contributed by atoms with E-state index in [0.29, 0.717) is 10.3 Å². The van der Waals surface area contributed by atoms with Crippen LogP contribution in [-0.4, -0.2) is 47.6 Å². The van der Waals surface area contributed by atoms with E-state index in [1.807, 2.05) is 0 Å². The summed E-state index contributed by atoms with van der Waals surface area (Å²) in [6.45, 7) is 14.3. The van der Waals surface area contributed by atoms with Crippen molar-refractivity contribution in [3.05, 3.63) is 0 Å². The molecule has 0 aromatic carbocycles. The molecule has 0 aromatic rings. The van der Waals surface area contributed by atoms with Crippen LogP contribution in [0.2, 0.25) is 0 Å². The Balaban J connectivity index is 2.75. The molecule has 1 fully saturated rings. The number of hydrogen-bond acceptors (Lipinski definition) is 3. The molecule has 1 aliphatic heterocycles. The van der Waals surface area contributed by atoms with E-state index in [-0.39, 0.29) is 0 Å². The van der Waals surface area contributed by atoms with Gasteiger partial charge in [-0.25, -0.2) is 0 Å². The molecule has 3 heteroatoms. The molecule has 0 saturated carbocycles. The average molecular weight is 287 g/mol. The average Bonchev–Trinajstić information content (AvgIpc) is 2.67. The Kier molecular flexibility index (Phi) is 7.20. The topological polar surface area (TPSA) is 15.3 Å². The van der Waals surface area contributed by atoms with E-state index in [2.05, 4.69) is 55.9 Å². The lowest BCUT2D eigenvalue weighted by atomic mass is 9.91. The fourth-order valence-corrected chi connectivity index (χ4v) is 4.20. The lowest BCUT2D eigenvalue weighted by Gasteiger charge is -2.40. The minimum absolute atomic E-state index is 0.349. The van der Waals surface area contributed by atoms with Crippen molar-refractivity contribution in [2.24, 2.45) is 0 Å². The largest absolute Gasteiger partial charge is 0.310 e. The fraction of sp³-hybridized carbons (Fsp3) is 1.00. The Morgan fingerprint density at radius 3 is 2.26 bits per heavy atom. The van der Waals surface area contributed by atoms with E-state index < -0.39 is 0 Å². The minimum Gasteiger partial charge on any atom is -0.310 e. The van der Waals surface area contributed by atoms with Gasteiger partial charge in [-0.3, -0.25) is 0 Å². The van der Waals surface area contributed by atoms with Crippen LogP contribution in [0.15, 0.2) is 0 Å². The molecule has 1 aliphatic rings. The lowest BCUT2D eigenvalue weighted by molar-refractivity contribution is 0.180. The van der Waals surface area contributed by atoms with Gasteiger partial charge in [0.05, 0.1) is 0 Å². The summed E-state index contributed by atoms with van der Waals surface area (Å²) >= 11 is 2.07. The number of thioether (sulfide) groups is 1. The standard InChI is InChI=1S/C16H34N2S/c1-6-15(7-2)13-18(12-10-11-17-15)14-16(8-3,9-4)19-5/h17H,6-14H2,1-5H3. The molecule has 2 nitrogen and oxygen atoms in total. The summed E-state index contributed by atoms with van der Waals surface area (Å²) in [5, 5.41) is 3.82. The molecule has 0 radical (unpaired) electrons. The Labute approximate surface area is 125 Å². The molecule has 1 N–H and O–H groups in total. The van der Waals surface area contributed by atoms with Crippen LogP contribution in [0, 0.1) is 0 Å². The van der Waals surface area contributed by atoms with Crippen LogP contribution in [0.25, 0.3) is 0 Å². The Morgan fingerprint density at radius 1 is 1.16 bits per heavy atom. The van der Waals surface area contributed by atoms with E-state index in [4.69, 9.17) is 0 Å². The van der Waals surface area contributed by atoms with Crippen molar-refractivity contribution in [1.29, 1.82) is 0 Å². The number of nitrogens with zero attached hydrogens (tertiary/aromatic N) is 1. The highest BCUT2D eigenvalue weighted by atomic mass is 32.2. The molecule has 0 bridgehead atoms. The molecular formula is C16H34N2S. The fourth-order valence-electron chi connectivity index (χ4n) is 3.31. The van der Waals surface area contributed by atoms with Crippen LogP contribution in [0.4, 0.5) is 0 Å². The van der Waals surface area contributed by atoms with Gasteiger partial charge in [0, 0.05) is 23.4 Å². The van der Waals surface area contributed by atoms with Crippen molar-refractivity contribution in [2.45, 2.75) is 70.1 Å². The maximum atomic E-state index is 3.82. The van der Waals surface area contributed by atoms with E-state index >= 15 is 0 Å². The van der Waals surface area contributed by atoms with Gasteiger partial charge >= 0.3 is 0 Å². The quantitative estimate of drug-likeness (QED) is 0.767. The predicted molar refractivity (Wildman–Crippen MR) is 89.2 cm³/mol. The highest BCUT2D eigenvalue weighted by Crippen LogP contribution is 2.32.